The van der Waals surface area contributed by atoms with Crippen molar-refractivity contribution in [1.29, 1.82) is 0 Å². The minimum absolute atomic E-state index is 0.347. The first-order chi connectivity index (χ1) is 7.25. The van der Waals surface area contributed by atoms with E-state index in [-0.39, 0.29) is 0 Å². The van der Waals surface area contributed by atoms with Crippen LogP contribution in [0.15, 0.2) is 0 Å². The molecule has 0 heterocycles. The van der Waals surface area contributed by atoms with Gasteiger partial charge in [0.2, 0.25) is 0 Å². The second-order valence-corrected chi connectivity index (χ2v) is 14.3. The molecule has 0 bridgehead atoms. The molecule has 98 valence electrons. The Morgan fingerprint density at radius 3 is 1.75 bits per heavy atom. The van der Waals surface area contributed by atoms with Crippen LogP contribution in [-0.2, 0) is 8.85 Å². The molecule has 0 aliphatic heterocycles. The fourth-order valence-corrected chi connectivity index (χ4v) is 5.38. The van der Waals surface area contributed by atoms with E-state index < -0.39 is 16.6 Å². The summed E-state index contributed by atoms with van der Waals surface area (Å²) in [5.74, 6) is 0. The lowest BCUT2D eigenvalue weighted by atomic mass is 10.5. The van der Waals surface area contributed by atoms with Crippen molar-refractivity contribution in [3.05, 3.63) is 0 Å². The highest BCUT2D eigenvalue weighted by Gasteiger charge is 2.33. The van der Waals surface area contributed by atoms with Crippen LogP contribution in [0.2, 0.25) is 32.2 Å². The monoisotopic (exact) mass is 263 g/mol. The van der Waals surface area contributed by atoms with Crippen LogP contribution in [0.1, 0.15) is 20.3 Å². The van der Waals surface area contributed by atoms with Gasteiger partial charge < -0.3 is 14.6 Å². The van der Waals surface area contributed by atoms with Gasteiger partial charge in [-0.25, -0.2) is 0 Å². The maximum atomic E-state index is 6.22. The van der Waals surface area contributed by atoms with Gasteiger partial charge in [-0.05, 0) is 38.5 Å². The molecule has 0 radical (unpaired) electrons. The minimum Gasteiger partial charge on any atom is -0.395 e. The molecule has 0 aromatic rings. The minimum atomic E-state index is -1.95. The van der Waals surface area contributed by atoms with Gasteiger partial charge in [-0.1, -0.05) is 19.6 Å². The van der Waals surface area contributed by atoms with E-state index in [2.05, 4.69) is 26.2 Å². The number of hydrogen-bond donors (Lipinski definition) is 1. The van der Waals surface area contributed by atoms with Crippen LogP contribution in [-0.4, -0.2) is 35.5 Å². The van der Waals surface area contributed by atoms with Crippen molar-refractivity contribution in [2.45, 2.75) is 58.2 Å². The molecule has 0 aromatic carbocycles. The topological polar surface area (TPSA) is 44.5 Å². The van der Waals surface area contributed by atoms with Crippen molar-refractivity contribution in [2.24, 2.45) is 5.73 Å². The molecule has 0 aliphatic carbocycles. The number of rotatable bonds is 8. The van der Waals surface area contributed by atoms with Crippen molar-refractivity contribution in [3.8, 4) is 0 Å². The van der Waals surface area contributed by atoms with Gasteiger partial charge in [-0.15, -0.1) is 0 Å². The summed E-state index contributed by atoms with van der Waals surface area (Å²) in [5.41, 5.74) is 6.57. The zero-order chi connectivity index (χ0) is 12.8. The highest BCUT2D eigenvalue weighted by molar-refractivity contribution is 6.77. The Bertz CT molecular complexity index is 189. The van der Waals surface area contributed by atoms with Crippen LogP contribution >= 0.6 is 0 Å². The van der Waals surface area contributed by atoms with Gasteiger partial charge in [-0.3, -0.25) is 0 Å². The highest BCUT2D eigenvalue weighted by atomic mass is 28.4. The van der Waals surface area contributed by atoms with Crippen molar-refractivity contribution < 1.29 is 8.85 Å². The van der Waals surface area contributed by atoms with E-state index in [1.165, 1.54) is 0 Å². The van der Waals surface area contributed by atoms with Crippen molar-refractivity contribution in [1.82, 2.24) is 0 Å². The first-order valence-corrected chi connectivity index (χ1v) is 12.4. The molecular formula is C11H29NO2Si2. The van der Waals surface area contributed by atoms with Crippen molar-refractivity contribution in [3.63, 3.8) is 0 Å². The summed E-state index contributed by atoms with van der Waals surface area (Å²) < 4.78 is 11.6. The molecule has 0 aromatic heterocycles. The average molecular weight is 264 g/mol. The number of hydrogen-bond acceptors (Lipinski definition) is 3. The average Bonchev–Trinajstić information content (AvgIpc) is 2.13. The third kappa shape index (κ3) is 6.15. The van der Waals surface area contributed by atoms with Crippen LogP contribution in [0.5, 0.6) is 0 Å². The van der Waals surface area contributed by atoms with Gasteiger partial charge in [0.05, 0.1) is 8.07 Å². The fourth-order valence-electron chi connectivity index (χ4n) is 1.65. The van der Waals surface area contributed by atoms with Gasteiger partial charge in [0.15, 0.2) is 0 Å². The molecule has 0 amide bonds. The zero-order valence-electron chi connectivity index (χ0n) is 11.8. The smallest absolute Gasteiger partial charge is 0.334 e. The molecule has 3 nitrogen and oxygen atoms in total. The van der Waals surface area contributed by atoms with Crippen molar-refractivity contribution in [2.75, 3.05) is 13.2 Å². The Hall–Kier alpha value is 0.314. The summed E-state index contributed by atoms with van der Waals surface area (Å²) in [7, 11) is -3.17. The summed E-state index contributed by atoms with van der Waals surface area (Å²) in [6.07, 6.45) is 1.04. The van der Waals surface area contributed by atoms with Gasteiger partial charge in [-0.2, -0.15) is 0 Å². The van der Waals surface area contributed by atoms with Crippen LogP contribution in [0.25, 0.3) is 0 Å². The molecule has 0 rings (SSSR count). The molecule has 2 N–H and O–H groups in total. The number of nitrogens with two attached hydrogens (primary N) is 1. The van der Waals surface area contributed by atoms with Gasteiger partial charge in [0.25, 0.3) is 0 Å². The van der Waals surface area contributed by atoms with Crippen LogP contribution in [0.4, 0.5) is 0 Å². The fraction of sp³-hybridized carbons (Fsp3) is 1.00. The summed E-state index contributed by atoms with van der Waals surface area (Å²) in [5, 5.41) is 0. The predicted molar refractivity (Wildman–Crippen MR) is 75.6 cm³/mol. The summed E-state index contributed by atoms with van der Waals surface area (Å²) in [6, 6.07) is 1.01. The predicted octanol–water partition coefficient (Wildman–Crippen LogP) is 2.73. The Morgan fingerprint density at radius 2 is 1.44 bits per heavy atom. The van der Waals surface area contributed by atoms with E-state index in [0.717, 1.165) is 25.7 Å². The van der Waals surface area contributed by atoms with E-state index in [9.17, 15) is 0 Å². The highest BCUT2D eigenvalue weighted by Crippen LogP contribution is 2.20. The molecule has 0 saturated carbocycles. The molecule has 0 saturated heterocycles. The first kappa shape index (κ1) is 16.3. The summed E-state index contributed by atoms with van der Waals surface area (Å²) in [6.45, 7) is 14.6. The molecule has 5 heteroatoms. The lowest BCUT2D eigenvalue weighted by Gasteiger charge is -2.30. The van der Waals surface area contributed by atoms with E-state index in [1.807, 2.05) is 13.8 Å². The molecule has 1 unspecified atom stereocenters. The van der Waals surface area contributed by atoms with E-state index in [0.29, 0.717) is 5.67 Å². The van der Waals surface area contributed by atoms with Gasteiger partial charge in [0.1, 0.15) is 0 Å². The lowest BCUT2D eigenvalue weighted by Crippen LogP contribution is -2.48. The SMILES string of the molecule is CCO[Si](C)(CCC(N)[Si](C)(C)C)OCC. The molecule has 0 spiro atoms. The quantitative estimate of drug-likeness (QED) is 0.685. The molecule has 16 heavy (non-hydrogen) atoms. The third-order valence-electron chi connectivity index (χ3n) is 2.92. The molecule has 0 aliphatic rings. The van der Waals surface area contributed by atoms with Crippen molar-refractivity contribution >= 4 is 16.6 Å². The molecular weight excluding hydrogens is 234 g/mol. The summed E-state index contributed by atoms with van der Waals surface area (Å²) in [4.78, 5) is 0. The standard InChI is InChI=1S/C11H29NO2Si2/c1-7-13-16(6,14-8-2)10-9-11(12)15(3,4)5/h11H,7-10,12H2,1-6H3. The Balaban J connectivity index is 4.21. The van der Waals surface area contributed by atoms with Gasteiger partial charge >= 0.3 is 8.56 Å². The largest absolute Gasteiger partial charge is 0.395 e. The second kappa shape index (κ2) is 6.91. The Kier molecular flexibility index (Phi) is 7.04. The second-order valence-electron chi connectivity index (χ2n) is 5.51. The third-order valence-corrected chi connectivity index (χ3v) is 8.43. The first-order valence-electron chi connectivity index (χ1n) is 6.28. The maximum Gasteiger partial charge on any atom is 0.334 e. The molecule has 1 atom stereocenters. The van der Waals surface area contributed by atoms with E-state index >= 15 is 0 Å². The van der Waals surface area contributed by atoms with Crippen LogP contribution < -0.4 is 5.73 Å². The van der Waals surface area contributed by atoms with Crippen LogP contribution in [0, 0.1) is 0 Å². The Labute approximate surface area is 103 Å². The normalized spacial score (nSPS) is 15.2. The molecule has 0 fully saturated rings. The summed E-state index contributed by atoms with van der Waals surface area (Å²) >= 11 is 0. The van der Waals surface area contributed by atoms with E-state index in [1.54, 1.807) is 0 Å². The zero-order valence-corrected chi connectivity index (χ0v) is 13.8. The lowest BCUT2D eigenvalue weighted by molar-refractivity contribution is 0.188. The maximum absolute atomic E-state index is 6.22. The van der Waals surface area contributed by atoms with Crippen LogP contribution in [0.3, 0.4) is 0 Å². The van der Waals surface area contributed by atoms with E-state index in [4.69, 9.17) is 14.6 Å². The Morgan fingerprint density at radius 1 is 1.00 bits per heavy atom. The van der Waals surface area contributed by atoms with Gasteiger partial charge in [0, 0.05) is 13.2 Å².